The van der Waals surface area contributed by atoms with Crippen LogP contribution in [0.4, 0.5) is 0 Å². The van der Waals surface area contributed by atoms with Crippen molar-refractivity contribution in [1.82, 2.24) is 19.8 Å². The number of rotatable bonds is 5. The lowest BCUT2D eigenvalue weighted by atomic mass is 10.1. The van der Waals surface area contributed by atoms with Gasteiger partial charge in [-0.1, -0.05) is 49.0 Å². The van der Waals surface area contributed by atoms with Gasteiger partial charge < -0.3 is 9.80 Å². The molecule has 0 unspecified atom stereocenters. The van der Waals surface area contributed by atoms with Gasteiger partial charge in [0.25, 0.3) is 0 Å². The molecule has 3 rings (SSSR count). The molecule has 1 aromatic heterocycles. The maximum atomic E-state index is 12.8. The van der Waals surface area contributed by atoms with Gasteiger partial charge in [-0.05, 0) is 26.5 Å². The Morgan fingerprint density at radius 3 is 2.50 bits per heavy atom. The van der Waals surface area contributed by atoms with Crippen LogP contribution in [-0.2, 0) is 4.79 Å². The number of likely N-dealkylation sites (N-methyl/N-ethyl adjacent to an activating group) is 1. The van der Waals surface area contributed by atoms with Crippen LogP contribution in [0.3, 0.4) is 0 Å². The molecule has 1 aliphatic heterocycles. The molecule has 0 N–H and O–H groups in total. The summed E-state index contributed by atoms with van der Waals surface area (Å²) in [6.45, 7) is 10.7. The standard InChI is InChI=1S/C20H26N4OS/c1-4-23-10-12-24(13-11-23)19(25)16(3)26-20-21-15(2)14-18(22-20)17-8-6-5-7-9-17/h5-9,14,16H,4,10-13H2,1-3H3/t16-/m1/s1. The highest BCUT2D eigenvalue weighted by Gasteiger charge is 2.25. The Morgan fingerprint density at radius 1 is 1.15 bits per heavy atom. The summed E-state index contributed by atoms with van der Waals surface area (Å²) in [4.78, 5) is 26.3. The average molecular weight is 371 g/mol. The second kappa shape index (κ2) is 8.64. The first kappa shape index (κ1) is 18.9. The first-order valence-corrected chi connectivity index (χ1v) is 10.0. The van der Waals surface area contributed by atoms with Crippen LogP contribution < -0.4 is 0 Å². The fourth-order valence-electron chi connectivity index (χ4n) is 3.10. The lowest BCUT2D eigenvalue weighted by Gasteiger charge is -2.35. The number of carbonyl (C=O) groups excluding carboxylic acids is 1. The molecule has 1 amide bonds. The van der Waals surface area contributed by atoms with Gasteiger partial charge in [0.1, 0.15) is 0 Å². The number of benzene rings is 1. The Kier molecular flexibility index (Phi) is 6.27. The van der Waals surface area contributed by atoms with Gasteiger partial charge in [-0.2, -0.15) is 0 Å². The molecule has 0 bridgehead atoms. The Labute approximate surface area is 159 Å². The van der Waals surface area contributed by atoms with Gasteiger partial charge in [0, 0.05) is 37.4 Å². The van der Waals surface area contributed by atoms with Crippen LogP contribution in [-0.4, -0.2) is 63.6 Å². The van der Waals surface area contributed by atoms with E-state index in [0.717, 1.165) is 49.7 Å². The summed E-state index contributed by atoms with van der Waals surface area (Å²) < 4.78 is 0. The zero-order valence-corrected chi connectivity index (χ0v) is 16.5. The predicted molar refractivity (Wildman–Crippen MR) is 106 cm³/mol. The van der Waals surface area contributed by atoms with Gasteiger partial charge in [0.15, 0.2) is 5.16 Å². The summed E-state index contributed by atoms with van der Waals surface area (Å²) in [7, 11) is 0. The van der Waals surface area contributed by atoms with Crippen LogP contribution in [0.1, 0.15) is 19.5 Å². The SMILES string of the molecule is CCN1CCN(C(=O)[C@@H](C)Sc2nc(C)cc(-c3ccccc3)n2)CC1. The summed E-state index contributed by atoms with van der Waals surface area (Å²) >= 11 is 1.45. The number of nitrogens with zero attached hydrogens (tertiary/aromatic N) is 4. The molecule has 1 aromatic carbocycles. The summed E-state index contributed by atoms with van der Waals surface area (Å²) in [6, 6.07) is 12.1. The maximum absolute atomic E-state index is 12.8. The van der Waals surface area contributed by atoms with E-state index in [9.17, 15) is 4.79 Å². The number of piperazine rings is 1. The first-order chi connectivity index (χ1) is 12.6. The van der Waals surface area contributed by atoms with Crippen LogP contribution >= 0.6 is 11.8 Å². The predicted octanol–water partition coefficient (Wildman–Crippen LogP) is 3.10. The molecule has 1 saturated heterocycles. The highest BCUT2D eigenvalue weighted by Crippen LogP contribution is 2.25. The lowest BCUT2D eigenvalue weighted by molar-refractivity contribution is -0.132. The molecule has 1 atom stereocenters. The summed E-state index contributed by atoms with van der Waals surface area (Å²) in [6.07, 6.45) is 0. The third-order valence-electron chi connectivity index (χ3n) is 4.66. The molecule has 6 heteroatoms. The van der Waals surface area contributed by atoms with E-state index in [-0.39, 0.29) is 11.2 Å². The van der Waals surface area contributed by atoms with Gasteiger partial charge in [-0.3, -0.25) is 4.79 Å². The molecule has 1 fully saturated rings. The second-order valence-electron chi connectivity index (χ2n) is 6.56. The van der Waals surface area contributed by atoms with E-state index < -0.39 is 0 Å². The van der Waals surface area contributed by atoms with E-state index in [4.69, 9.17) is 0 Å². The number of carbonyl (C=O) groups is 1. The molecule has 5 nitrogen and oxygen atoms in total. The van der Waals surface area contributed by atoms with Crippen molar-refractivity contribution in [3.63, 3.8) is 0 Å². The van der Waals surface area contributed by atoms with Crippen molar-refractivity contribution in [3.8, 4) is 11.3 Å². The average Bonchev–Trinajstić information content (AvgIpc) is 2.67. The number of thioether (sulfide) groups is 1. The van der Waals surface area contributed by atoms with E-state index in [1.54, 1.807) is 0 Å². The van der Waals surface area contributed by atoms with Crippen LogP contribution in [0.5, 0.6) is 0 Å². The van der Waals surface area contributed by atoms with Crippen LogP contribution in [0.15, 0.2) is 41.6 Å². The molecule has 26 heavy (non-hydrogen) atoms. The molecule has 138 valence electrons. The van der Waals surface area contributed by atoms with Gasteiger partial charge >= 0.3 is 0 Å². The van der Waals surface area contributed by atoms with E-state index in [1.807, 2.05) is 55.1 Å². The fourth-order valence-corrected chi connectivity index (χ4v) is 4.01. The Morgan fingerprint density at radius 2 is 1.85 bits per heavy atom. The summed E-state index contributed by atoms with van der Waals surface area (Å²) in [5.41, 5.74) is 2.88. The van der Waals surface area contributed by atoms with Crippen molar-refractivity contribution in [3.05, 3.63) is 42.1 Å². The van der Waals surface area contributed by atoms with Gasteiger partial charge in [-0.25, -0.2) is 9.97 Å². The first-order valence-electron chi connectivity index (χ1n) is 9.15. The minimum absolute atomic E-state index is 0.178. The second-order valence-corrected chi connectivity index (χ2v) is 7.87. The van der Waals surface area contributed by atoms with Gasteiger partial charge in [-0.15, -0.1) is 0 Å². The molecule has 1 aliphatic rings. The van der Waals surface area contributed by atoms with E-state index in [1.165, 1.54) is 11.8 Å². The fraction of sp³-hybridized carbons (Fsp3) is 0.450. The maximum Gasteiger partial charge on any atom is 0.235 e. The monoisotopic (exact) mass is 370 g/mol. The van der Waals surface area contributed by atoms with E-state index in [2.05, 4.69) is 21.8 Å². The van der Waals surface area contributed by atoms with E-state index >= 15 is 0 Å². The number of aromatic nitrogens is 2. The molecular formula is C20H26N4OS. The molecule has 0 aliphatic carbocycles. The largest absolute Gasteiger partial charge is 0.339 e. The zero-order valence-electron chi connectivity index (χ0n) is 15.7. The van der Waals surface area contributed by atoms with Gasteiger partial charge in [0.2, 0.25) is 5.91 Å². The van der Waals surface area contributed by atoms with E-state index in [0.29, 0.717) is 5.16 Å². The van der Waals surface area contributed by atoms with Crippen LogP contribution in [0.25, 0.3) is 11.3 Å². The third kappa shape index (κ3) is 4.62. The van der Waals surface area contributed by atoms with Crippen molar-refractivity contribution >= 4 is 17.7 Å². The number of aryl methyl sites for hydroxylation is 1. The Balaban J connectivity index is 1.68. The zero-order chi connectivity index (χ0) is 18.5. The molecule has 0 radical (unpaired) electrons. The summed E-state index contributed by atoms with van der Waals surface area (Å²) in [5.74, 6) is 0.178. The van der Waals surface area contributed by atoms with Crippen molar-refractivity contribution in [2.75, 3.05) is 32.7 Å². The number of hydrogen-bond acceptors (Lipinski definition) is 5. The Bertz CT molecular complexity index is 745. The molecule has 2 heterocycles. The van der Waals surface area contributed by atoms with Crippen molar-refractivity contribution in [1.29, 1.82) is 0 Å². The quantitative estimate of drug-likeness (QED) is 0.598. The highest BCUT2D eigenvalue weighted by molar-refractivity contribution is 8.00. The smallest absolute Gasteiger partial charge is 0.235 e. The highest BCUT2D eigenvalue weighted by atomic mass is 32.2. The number of hydrogen-bond donors (Lipinski definition) is 0. The van der Waals surface area contributed by atoms with Crippen molar-refractivity contribution in [2.45, 2.75) is 31.2 Å². The molecular weight excluding hydrogens is 344 g/mol. The third-order valence-corrected chi connectivity index (χ3v) is 5.61. The van der Waals surface area contributed by atoms with Crippen molar-refractivity contribution < 1.29 is 4.79 Å². The normalized spacial score (nSPS) is 16.5. The van der Waals surface area contributed by atoms with Crippen molar-refractivity contribution in [2.24, 2.45) is 0 Å². The lowest BCUT2D eigenvalue weighted by Crippen LogP contribution is -2.50. The topological polar surface area (TPSA) is 49.3 Å². The molecule has 2 aromatic rings. The Hall–Kier alpha value is -1.92. The molecule has 0 saturated carbocycles. The summed E-state index contributed by atoms with van der Waals surface area (Å²) in [5, 5.41) is 0.477. The molecule has 0 spiro atoms. The number of amides is 1. The minimum atomic E-state index is -0.186. The minimum Gasteiger partial charge on any atom is -0.339 e. The van der Waals surface area contributed by atoms with Crippen LogP contribution in [0.2, 0.25) is 0 Å². The van der Waals surface area contributed by atoms with Gasteiger partial charge in [0.05, 0.1) is 10.9 Å². The van der Waals surface area contributed by atoms with Crippen LogP contribution in [0, 0.1) is 6.92 Å².